The highest BCUT2D eigenvalue weighted by molar-refractivity contribution is 5.78. The molecule has 0 aromatic carbocycles. The molecule has 0 radical (unpaired) electrons. The van der Waals surface area contributed by atoms with Gasteiger partial charge in [-0.1, -0.05) is 12.2 Å². The van der Waals surface area contributed by atoms with E-state index in [0.29, 0.717) is 11.8 Å². The Hall–Kier alpha value is -0.790. The Labute approximate surface area is 71.8 Å². The second kappa shape index (κ2) is 1.93. The van der Waals surface area contributed by atoms with Crippen LogP contribution in [-0.2, 0) is 4.79 Å². The molecular weight excluding hydrogens is 150 g/mol. The van der Waals surface area contributed by atoms with E-state index in [-0.39, 0.29) is 11.8 Å². The van der Waals surface area contributed by atoms with Crippen molar-refractivity contribution in [2.75, 3.05) is 0 Å². The summed E-state index contributed by atoms with van der Waals surface area (Å²) in [5.74, 6) is 2.97. The highest BCUT2D eigenvalue weighted by Crippen LogP contribution is 2.61. The first-order chi connectivity index (χ1) is 5.77. The smallest absolute Gasteiger partial charge is 0.221 e. The predicted molar refractivity (Wildman–Crippen MR) is 45.0 cm³/mol. The molecule has 0 aromatic heterocycles. The Morgan fingerprint density at radius 1 is 1.25 bits per heavy atom. The van der Waals surface area contributed by atoms with Crippen LogP contribution in [0.1, 0.15) is 12.8 Å². The summed E-state index contributed by atoms with van der Waals surface area (Å²) in [5.41, 5.74) is 5.36. The van der Waals surface area contributed by atoms with Gasteiger partial charge in [0.2, 0.25) is 5.91 Å². The summed E-state index contributed by atoms with van der Waals surface area (Å²) >= 11 is 0. The lowest BCUT2D eigenvalue weighted by Crippen LogP contribution is -2.38. The van der Waals surface area contributed by atoms with Crippen LogP contribution in [0.5, 0.6) is 0 Å². The fourth-order valence-electron chi connectivity index (χ4n) is 3.17. The van der Waals surface area contributed by atoms with Gasteiger partial charge in [0, 0.05) is 5.92 Å². The predicted octanol–water partition coefficient (Wildman–Crippen LogP) is 0.930. The average molecular weight is 163 g/mol. The molecule has 2 heteroatoms. The molecule has 0 aliphatic heterocycles. The molecule has 0 heterocycles. The highest BCUT2D eigenvalue weighted by atomic mass is 16.1. The molecule has 2 N–H and O–H groups in total. The minimum absolute atomic E-state index is 0.0836. The van der Waals surface area contributed by atoms with Gasteiger partial charge in [-0.05, 0) is 36.5 Å². The largest absolute Gasteiger partial charge is 0.369 e. The molecule has 12 heavy (non-hydrogen) atoms. The Morgan fingerprint density at radius 3 is 2.75 bits per heavy atom. The molecule has 2 fully saturated rings. The summed E-state index contributed by atoms with van der Waals surface area (Å²) in [4.78, 5) is 11.1. The van der Waals surface area contributed by atoms with Crippen molar-refractivity contribution in [1.82, 2.24) is 0 Å². The van der Waals surface area contributed by atoms with E-state index in [9.17, 15) is 4.79 Å². The normalized spacial score (nSPS) is 53.5. The van der Waals surface area contributed by atoms with Crippen LogP contribution in [0.3, 0.4) is 0 Å². The lowest BCUT2D eigenvalue weighted by Gasteiger charge is -2.35. The third-order valence-electron chi connectivity index (χ3n) is 3.87. The number of amides is 1. The molecule has 2 saturated carbocycles. The van der Waals surface area contributed by atoms with Crippen molar-refractivity contribution in [3.05, 3.63) is 12.2 Å². The molecule has 5 atom stereocenters. The zero-order valence-electron chi connectivity index (χ0n) is 6.94. The number of carbonyl (C=O) groups excluding carboxylic acids is 1. The van der Waals surface area contributed by atoms with E-state index in [1.165, 1.54) is 6.42 Å². The van der Waals surface area contributed by atoms with Gasteiger partial charge in [0.25, 0.3) is 0 Å². The van der Waals surface area contributed by atoms with Crippen molar-refractivity contribution in [3.8, 4) is 0 Å². The third-order valence-corrected chi connectivity index (χ3v) is 3.87. The fourth-order valence-corrected chi connectivity index (χ4v) is 3.17. The molecule has 2 nitrogen and oxygen atoms in total. The molecule has 4 aliphatic carbocycles. The zero-order chi connectivity index (χ0) is 8.29. The van der Waals surface area contributed by atoms with Crippen LogP contribution in [0, 0.1) is 29.6 Å². The van der Waals surface area contributed by atoms with Crippen molar-refractivity contribution in [2.45, 2.75) is 12.8 Å². The topological polar surface area (TPSA) is 43.1 Å². The first-order valence-electron chi connectivity index (χ1n) is 4.75. The van der Waals surface area contributed by atoms with Crippen LogP contribution in [-0.4, -0.2) is 5.91 Å². The van der Waals surface area contributed by atoms with Gasteiger partial charge in [0.1, 0.15) is 0 Å². The van der Waals surface area contributed by atoms with Gasteiger partial charge in [-0.2, -0.15) is 0 Å². The van der Waals surface area contributed by atoms with E-state index in [1.807, 2.05) is 0 Å². The molecular formula is C10H13NO. The highest BCUT2D eigenvalue weighted by Gasteiger charge is 2.56. The van der Waals surface area contributed by atoms with Crippen LogP contribution in [0.4, 0.5) is 0 Å². The monoisotopic (exact) mass is 163 g/mol. The molecule has 0 unspecified atom stereocenters. The van der Waals surface area contributed by atoms with Crippen molar-refractivity contribution < 1.29 is 4.79 Å². The van der Waals surface area contributed by atoms with E-state index in [4.69, 9.17) is 5.73 Å². The molecule has 4 aliphatic rings. The second-order valence-corrected chi connectivity index (χ2v) is 4.43. The van der Waals surface area contributed by atoms with Crippen molar-refractivity contribution in [1.29, 1.82) is 0 Å². The van der Waals surface area contributed by atoms with Crippen LogP contribution in [0.25, 0.3) is 0 Å². The van der Waals surface area contributed by atoms with Crippen molar-refractivity contribution in [2.24, 2.45) is 35.3 Å². The van der Waals surface area contributed by atoms with Gasteiger partial charge in [-0.25, -0.2) is 0 Å². The van der Waals surface area contributed by atoms with Gasteiger partial charge < -0.3 is 5.73 Å². The van der Waals surface area contributed by atoms with Crippen LogP contribution < -0.4 is 5.73 Å². The average Bonchev–Trinajstić information content (AvgIpc) is 2.84. The summed E-state index contributed by atoms with van der Waals surface area (Å²) in [6.45, 7) is 0. The Balaban J connectivity index is 1.94. The van der Waals surface area contributed by atoms with Gasteiger partial charge in [-0.15, -0.1) is 0 Å². The van der Waals surface area contributed by atoms with Gasteiger partial charge in [0.05, 0.1) is 0 Å². The quantitative estimate of drug-likeness (QED) is 0.574. The maximum Gasteiger partial charge on any atom is 0.221 e. The van der Waals surface area contributed by atoms with Crippen LogP contribution in [0.15, 0.2) is 12.2 Å². The number of allylic oxidation sites excluding steroid dienone is 2. The van der Waals surface area contributed by atoms with E-state index < -0.39 is 0 Å². The number of fused-ring (bicyclic) bond motifs is 1. The molecule has 1 amide bonds. The molecule has 64 valence electrons. The van der Waals surface area contributed by atoms with Gasteiger partial charge >= 0.3 is 0 Å². The molecule has 0 saturated heterocycles. The standard InChI is InChI=1S/C10H13NO/c11-10(12)9-3-5-1-2-6(9)8-4-7(5)8/h1-2,5-9H,3-4H2,(H2,11,12)/t5-,6-,7-,8+,9+/m0/s1. The second-order valence-electron chi connectivity index (χ2n) is 4.43. The SMILES string of the molecule is NC(=O)[C@@H]1C[C@@H]2C=C[C@H]1[C@H]1C[C@H]12. The van der Waals surface area contributed by atoms with E-state index >= 15 is 0 Å². The number of carbonyl (C=O) groups is 1. The number of hydrogen-bond donors (Lipinski definition) is 1. The first-order valence-corrected chi connectivity index (χ1v) is 4.75. The molecule has 0 spiro atoms. The van der Waals surface area contributed by atoms with Crippen molar-refractivity contribution >= 4 is 5.91 Å². The van der Waals surface area contributed by atoms with Crippen LogP contribution in [0.2, 0.25) is 0 Å². The number of primary amides is 1. The number of rotatable bonds is 1. The van der Waals surface area contributed by atoms with Crippen molar-refractivity contribution in [3.63, 3.8) is 0 Å². The Morgan fingerprint density at radius 2 is 2.08 bits per heavy atom. The minimum Gasteiger partial charge on any atom is -0.369 e. The number of hydrogen-bond acceptors (Lipinski definition) is 1. The number of nitrogens with two attached hydrogens (primary N) is 1. The Kier molecular flexibility index (Phi) is 1.07. The lowest BCUT2D eigenvalue weighted by molar-refractivity contribution is -0.124. The fraction of sp³-hybridized carbons (Fsp3) is 0.700. The molecule has 4 rings (SSSR count). The summed E-state index contributed by atoms with van der Waals surface area (Å²) in [6.07, 6.45) is 6.90. The zero-order valence-corrected chi connectivity index (χ0v) is 6.94. The van der Waals surface area contributed by atoms with Gasteiger partial charge in [-0.3, -0.25) is 4.79 Å². The molecule has 0 aromatic rings. The van der Waals surface area contributed by atoms with E-state index in [1.54, 1.807) is 0 Å². The summed E-state index contributed by atoms with van der Waals surface area (Å²) in [5, 5.41) is 0. The summed E-state index contributed by atoms with van der Waals surface area (Å²) < 4.78 is 0. The summed E-state index contributed by atoms with van der Waals surface area (Å²) in [7, 11) is 0. The minimum atomic E-state index is -0.0836. The molecule has 2 bridgehead atoms. The maximum absolute atomic E-state index is 11.1. The van der Waals surface area contributed by atoms with E-state index in [0.717, 1.165) is 18.3 Å². The Bertz CT molecular complexity index is 271. The maximum atomic E-state index is 11.1. The van der Waals surface area contributed by atoms with Crippen LogP contribution >= 0.6 is 0 Å². The summed E-state index contributed by atoms with van der Waals surface area (Å²) in [6, 6.07) is 0. The lowest BCUT2D eigenvalue weighted by atomic mass is 9.69. The third kappa shape index (κ3) is 0.680. The van der Waals surface area contributed by atoms with Gasteiger partial charge in [0.15, 0.2) is 0 Å². The van der Waals surface area contributed by atoms with E-state index in [2.05, 4.69) is 12.2 Å². The first kappa shape index (κ1) is 6.70.